The number of halogens is 1. The summed E-state index contributed by atoms with van der Waals surface area (Å²) in [4.78, 5) is 14.1. The highest BCUT2D eigenvalue weighted by atomic mass is 19.1. The summed E-state index contributed by atoms with van der Waals surface area (Å²) in [5.74, 6) is -0.312. The van der Waals surface area contributed by atoms with Crippen LogP contribution in [0.3, 0.4) is 0 Å². The van der Waals surface area contributed by atoms with E-state index in [2.05, 4.69) is 4.90 Å². The molecule has 0 atom stereocenters. The van der Waals surface area contributed by atoms with Crippen molar-refractivity contribution in [2.24, 2.45) is 0 Å². The Balaban J connectivity index is 2.44. The van der Waals surface area contributed by atoms with Crippen LogP contribution in [-0.4, -0.2) is 57.8 Å². The van der Waals surface area contributed by atoms with Crippen LogP contribution < -0.4 is 0 Å². The van der Waals surface area contributed by atoms with Gasteiger partial charge in [0.05, 0.1) is 13.2 Å². The van der Waals surface area contributed by atoms with E-state index < -0.39 is 0 Å². The highest BCUT2D eigenvalue weighted by Gasteiger charge is 2.10. The predicted octanol–water partition coefficient (Wildman–Crippen LogP) is 1.99. The van der Waals surface area contributed by atoms with Crippen LogP contribution in [-0.2, 0) is 9.47 Å². The molecule has 112 valence electrons. The van der Waals surface area contributed by atoms with E-state index >= 15 is 0 Å². The Morgan fingerprint density at radius 3 is 2.10 bits per heavy atom. The summed E-state index contributed by atoms with van der Waals surface area (Å²) >= 11 is 0. The number of hydrogen-bond acceptors (Lipinski definition) is 4. The fourth-order valence-electron chi connectivity index (χ4n) is 1.82. The van der Waals surface area contributed by atoms with Gasteiger partial charge in [0.25, 0.3) is 0 Å². The van der Waals surface area contributed by atoms with Gasteiger partial charge in [-0.2, -0.15) is 0 Å². The zero-order chi connectivity index (χ0) is 14.8. The first kappa shape index (κ1) is 16.8. The second-order valence-electron chi connectivity index (χ2n) is 4.51. The van der Waals surface area contributed by atoms with E-state index in [1.54, 1.807) is 14.2 Å². The summed E-state index contributed by atoms with van der Waals surface area (Å²) in [6.45, 7) is 3.40. The molecule has 0 bridgehead atoms. The Hall–Kier alpha value is -1.30. The van der Waals surface area contributed by atoms with Gasteiger partial charge in [-0.15, -0.1) is 0 Å². The third-order valence-corrected chi connectivity index (χ3v) is 3.04. The standard InChI is InChI=1S/C15H22FNO3/c1-19-11-9-17(10-12-20-2)8-7-15(18)13-3-5-14(16)6-4-13/h3-6H,7-12H2,1-2H3. The second-order valence-corrected chi connectivity index (χ2v) is 4.51. The molecule has 0 amide bonds. The minimum absolute atomic E-state index is 0.0184. The van der Waals surface area contributed by atoms with Gasteiger partial charge >= 0.3 is 0 Å². The van der Waals surface area contributed by atoms with Crippen molar-refractivity contribution >= 4 is 5.78 Å². The van der Waals surface area contributed by atoms with Crippen molar-refractivity contribution in [1.29, 1.82) is 0 Å². The molecule has 5 heteroatoms. The van der Waals surface area contributed by atoms with Crippen molar-refractivity contribution in [2.45, 2.75) is 6.42 Å². The van der Waals surface area contributed by atoms with Crippen molar-refractivity contribution in [3.63, 3.8) is 0 Å². The van der Waals surface area contributed by atoms with Gasteiger partial charge in [-0.3, -0.25) is 9.69 Å². The smallest absolute Gasteiger partial charge is 0.164 e. The molecule has 1 aromatic rings. The lowest BCUT2D eigenvalue weighted by molar-refractivity contribution is 0.0911. The first-order valence-electron chi connectivity index (χ1n) is 6.66. The third kappa shape index (κ3) is 6.23. The maximum Gasteiger partial charge on any atom is 0.164 e. The average Bonchev–Trinajstić information content (AvgIpc) is 2.47. The van der Waals surface area contributed by atoms with Crippen LogP contribution >= 0.6 is 0 Å². The van der Waals surface area contributed by atoms with Gasteiger partial charge in [-0.05, 0) is 24.3 Å². The molecule has 0 saturated heterocycles. The number of carbonyl (C=O) groups is 1. The Morgan fingerprint density at radius 1 is 1.05 bits per heavy atom. The van der Waals surface area contributed by atoms with Gasteiger partial charge in [0, 0.05) is 45.8 Å². The van der Waals surface area contributed by atoms with Gasteiger partial charge in [0.15, 0.2) is 5.78 Å². The normalized spacial score (nSPS) is 11.0. The van der Waals surface area contributed by atoms with Crippen LogP contribution in [0.15, 0.2) is 24.3 Å². The summed E-state index contributed by atoms with van der Waals surface area (Å²) in [7, 11) is 3.30. The molecule has 0 unspecified atom stereocenters. The highest BCUT2D eigenvalue weighted by molar-refractivity contribution is 5.96. The van der Waals surface area contributed by atoms with E-state index in [0.29, 0.717) is 31.7 Å². The summed E-state index contributed by atoms with van der Waals surface area (Å²) in [5, 5.41) is 0. The summed E-state index contributed by atoms with van der Waals surface area (Å²) in [6, 6.07) is 5.65. The number of rotatable bonds is 10. The number of carbonyl (C=O) groups excluding carboxylic acids is 1. The zero-order valence-corrected chi connectivity index (χ0v) is 12.1. The molecule has 0 saturated carbocycles. The molecular formula is C15H22FNO3. The van der Waals surface area contributed by atoms with E-state index in [4.69, 9.17) is 9.47 Å². The zero-order valence-electron chi connectivity index (χ0n) is 12.1. The quantitative estimate of drug-likeness (QED) is 0.616. The molecule has 0 aliphatic carbocycles. The van der Waals surface area contributed by atoms with Crippen molar-refractivity contribution in [3.8, 4) is 0 Å². The van der Waals surface area contributed by atoms with Crippen molar-refractivity contribution in [2.75, 3.05) is 47.1 Å². The lowest BCUT2D eigenvalue weighted by Gasteiger charge is -2.21. The number of ether oxygens (including phenoxy) is 2. The molecule has 0 fully saturated rings. The first-order valence-corrected chi connectivity index (χ1v) is 6.66. The van der Waals surface area contributed by atoms with Gasteiger partial charge in [0.1, 0.15) is 5.82 Å². The number of benzene rings is 1. The van der Waals surface area contributed by atoms with Crippen LogP contribution in [0.5, 0.6) is 0 Å². The first-order chi connectivity index (χ1) is 9.67. The number of methoxy groups -OCH3 is 2. The van der Waals surface area contributed by atoms with E-state index in [0.717, 1.165) is 13.1 Å². The summed E-state index contributed by atoms with van der Waals surface area (Å²) < 4.78 is 22.9. The number of ketones is 1. The average molecular weight is 283 g/mol. The molecule has 0 aliphatic heterocycles. The Bertz CT molecular complexity index is 387. The molecule has 0 spiro atoms. The van der Waals surface area contributed by atoms with Crippen molar-refractivity contribution in [1.82, 2.24) is 4.90 Å². The van der Waals surface area contributed by atoms with Gasteiger partial charge in [-0.25, -0.2) is 4.39 Å². The summed E-state index contributed by atoms with van der Waals surface area (Å²) in [5.41, 5.74) is 0.546. The van der Waals surface area contributed by atoms with Gasteiger partial charge < -0.3 is 9.47 Å². The topological polar surface area (TPSA) is 38.8 Å². The SMILES string of the molecule is COCCN(CCOC)CCC(=O)c1ccc(F)cc1. The molecule has 1 rings (SSSR count). The summed E-state index contributed by atoms with van der Waals surface area (Å²) in [6.07, 6.45) is 0.402. The second kappa shape index (κ2) is 9.58. The largest absolute Gasteiger partial charge is 0.383 e. The molecule has 0 aromatic heterocycles. The molecular weight excluding hydrogens is 261 g/mol. The fraction of sp³-hybridized carbons (Fsp3) is 0.533. The maximum atomic E-state index is 12.8. The number of nitrogens with zero attached hydrogens (tertiary/aromatic N) is 1. The minimum atomic E-state index is -0.330. The van der Waals surface area contributed by atoms with Gasteiger partial charge in [0.2, 0.25) is 0 Å². The Kier molecular flexibility index (Phi) is 8.02. The lowest BCUT2D eigenvalue weighted by Crippen LogP contribution is -2.32. The van der Waals surface area contributed by atoms with Crippen LogP contribution in [0.2, 0.25) is 0 Å². The molecule has 0 N–H and O–H groups in total. The highest BCUT2D eigenvalue weighted by Crippen LogP contribution is 2.06. The molecule has 0 aliphatic rings. The minimum Gasteiger partial charge on any atom is -0.383 e. The van der Waals surface area contributed by atoms with E-state index in [1.165, 1.54) is 24.3 Å². The molecule has 1 aromatic carbocycles. The molecule has 20 heavy (non-hydrogen) atoms. The number of hydrogen-bond donors (Lipinski definition) is 0. The number of Topliss-reactive ketones (excluding diaryl/α,β-unsaturated/α-hetero) is 1. The molecule has 0 radical (unpaired) electrons. The van der Waals surface area contributed by atoms with Crippen LogP contribution in [0, 0.1) is 5.82 Å². The lowest BCUT2D eigenvalue weighted by atomic mass is 10.1. The maximum absolute atomic E-state index is 12.8. The van der Waals surface area contributed by atoms with Crippen LogP contribution in [0.25, 0.3) is 0 Å². The van der Waals surface area contributed by atoms with Crippen molar-refractivity contribution in [3.05, 3.63) is 35.6 Å². The molecule has 0 heterocycles. The Morgan fingerprint density at radius 2 is 1.60 bits per heavy atom. The van der Waals surface area contributed by atoms with E-state index in [-0.39, 0.29) is 11.6 Å². The van der Waals surface area contributed by atoms with Crippen LogP contribution in [0.1, 0.15) is 16.8 Å². The fourth-order valence-corrected chi connectivity index (χ4v) is 1.82. The van der Waals surface area contributed by atoms with E-state index in [9.17, 15) is 9.18 Å². The Labute approximate surface area is 119 Å². The third-order valence-electron chi connectivity index (χ3n) is 3.04. The molecule has 4 nitrogen and oxygen atoms in total. The van der Waals surface area contributed by atoms with Gasteiger partial charge in [-0.1, -0.05) is 0 Å². The monoisotopic (exact) mass is 283 g/mol. The van der Waals surface area contributed by atoms with Crippen molar-refractivity contribution < 1.29 is 18.7 Å². The predicted molar refractivity (Wildman–Crippen MR) is 75.5 cm³/mol. The van der Waals surface area contributed by atoms with E-state index in [1.807, 2.05) is 0 Å². The van der Waals surface area contributed by atoms with Crippen LogP contribution in [0.4, 0.5) is 4.39 Å².